The van der Waals surface area contributed by atoms with Gasteiger partial charge in [-0.15, -0.1) is 0 Å². The fourth-order valence-corrected chi connectivity index (χ4v) is 8.75. The summed E-state index contributed by atoms with van der Waals surface area (Å²) in [6.07, 6.45) is 6.20. The third-order valence-corrected chi connectivity index (χ3v) is 11.2. The first-order chi connectivity index (χ1) is 26.3. The minimum atomic E-state index is -1.56. The summed E-state index contributed by atoms with van der Waals surface area (Å²) in [5.74, 6) is -3.97. The van der Waals surface area contributed by atoms with E-state index in [0.717, 1.165) is 16.3 Å². The van der Waals surface area contributed by atoms with Crippen LogP contribution in [0.25, 0.3) is 10.8 Å². The van der Waals surface area contributed by atoms with E-state index in [2.05, 4.69) is 5.32 Å². The van der Waals surface area contributed by atoms with Crippen molar-refractivity contribution >= 4 is 40.2 Å². The number of nitrogens with one attached hydrogen (secondary N) is 1. The van der Waals surface area contributed by atoms with E-state index in [4.69, 9.17) is 9.47 Å². The smallest absolute Gasteiger partial charge is 0.313 e. The summed E-state index contributed by atoms with van der Waals surface area (Å²) in [6.45, 7) is 1.57. The number of carbonyl (C=O) groups excluding carboxylic acids is 4. The highest BCUT2D eigenvalue weighted by Crippen LogP contribution is 2.54. The number of likely N-dealkylation sites (tertiary alicyclic amines) is 1. The number of allylic oxidation sites excluding steroid dienone is 1. The van der Waals surface area contributed by atoms with Crippen molar-refractivity contribution in [3.63, 3.8) is 0 Å². The van der Waals surface area contributed by atoms with Crippen LogP contribution in [0.1, 0.15) is 37.0 Å². The summed E-state index contributed by atoms with van der Waals surface area (Å²) >= 11 is 0. The van der Waals surface area contributed by atoms with E-state index in [1.165, 1.54) is 4.90 Å². The number of rotatable bonds is 6. The molecule has 4 aromatic carbocycles. The van der Waals surface area contributed by atoms with E-state index in [1.807, 2.05) is 109 Å². The van der Waals surface area contributed by atoms with Gasteiger partial charge in [0, 0.05) is 18.7 Å². The maximum Gasteiger partial charge on any atom is 0.313 e. The number of hydrogen-bond acceptors (Lipinski definition) is 7. The minimum absolute atomic E-state index is 0.186. The number of fused-ring (bicyclic) bond motifs is 3. The zero-order chi connectivity index (χ0) is 37.4. The molecule has 0 bridgehead atoms. The molecule has 2 saturated heterocycles. The van der Waals surface area contributed by atoms with Crippen LogP contribution < -0.4 is 10.2 Å². The van der Waals surface area contributed by atoms with Crippen molar-refractivity contribution in [3.8, 4) is 0 Å². The fourth-order valence-electron chi connectivity index (χ4n) is 8.75. The van der Waals surface area contributed by atoms with E-state index in [0.29, 0.717) is 17.7 Å². The number of cyclic esters (lactones) is 1. The van der Waals surface area contributed by atoms with E-state index in [9.17, 15) is 14.7 Å². The second-order valence-electron chi connectivity index (χ2n) is 14.6. The molecule has 0 aliphatic carbocycles. The predicted molar refractivity (Wildman–Crippen MR) is 203 cm³/mol. The molecule has 4 aromatic rings. The largest absolute Gasteiger partial charge is 0.455 e. The third kappa shape index (κ3) is 6.29. The van der Waals surface area contributed by atoms with Crippen molar-refractivity contribution in [1.82, 2.24) is 10.2 Å². The molecule has 0 radical (unpaired) electrons. The Morgan fingerprint density at radius 3 is 2.35 bits per heavy atom. The van der Waals surface area contributed by atoms with Crippen molar-refractivity contribution in [1.29, 1.82) is 0 Å². The van der Waals surface area contributed by atoms with Crippen LogP contribution in [0.2, 0.25) is 0 Å². The van der Waals surface area contributed by atoms with E-state index >= 15 is 9.59 Å². The van der Waals surface area contributed by atoms with E-state index in [-0.39, 0.29) is 31.2 Å². The highest BCUT2D eigenvalue weighted by Gasteiger charge is 2.72. The molecule has 8 atom stereocenters. The number of nitrogens with zero attached hydrogens (tertiary/aromatic N) is 2. The molecule has 1 spiro atoms. The lowest BCUT2D eigenvalue weighted by molar-refractivity contribution is -0.161. The molecule has 3 amide bonds. The Labute approximate surface area is 314 Å². The van der Waals surface area contributed by atoms with Gasteiger partial charge >= 0.3 is 5.97 Å². The highest BCUT2D eigenvalue weighted by molar-refractivity contribution is 6.06. The normalized spacial score (nSPS) is 29.6. The molecule has 0 saturated carbocycles. The molecule has 54 heavy (non-hydrogen) atoms. The summed E-state index contributed by atoms with van der Waals surface area (Å²) in [6, 6.07) is 29.8. The SMILES string of the molecule is C[C@H]1NC(=O)CC/C=C\[C@H]2O[C@]34C=CCN(c5ccc6ccccc6c5)C(=O)[C@H]3N([C@@H](CO)Cc3ccccc3)C(=O)[C@@H]4[C@H]2C(=O)O[C@@H]1c1ccccc1. The van der Waals surface area contributed by atoms with Crippen molar-refractivity contribution in [2.45, 2.75) is 62.1 Å². The lowest BCUT2D eigenvalue weighted by atomic mass is 9.77. The number of aliphatic hydroxyl groups is 1. The average molecular weight is 726 g/mol. The van der Waals surface area contributed by atoms with Crippen LogP contribution in [0.15, 0.2) is 127 Å². The number of benzene rings is 4. The molecule has 276 valence electrons. The average Bonchev–Trinajstić information content (AvgIpc) is 3.58. The van der Waals surface area contributed by atoms with Gasteiger partial charge in [0.1, 0.15) is 23.7 Å². The van der Waals surface area contributed by atoms with Gasteiger partial charge in [-0.2, -0.15) is 0 Å². The van der Waals surface area contributed by atoms with Gasteiger partial charge in [0.15, 0.2) is 0 Å². The molecule has 10 nitrogen and oxygen atoms in total. The molecular weight excluding hydrogens is 682 g/mol. The maximum absolute atomic E-state index is 15.2. The van der Waals surface area contributed by atoms with Crippen LogP contribution >= 0.6 is 0 Å². The first-order valence-corrected chi connectivity index (χ1v) is 18.6. The van der Waals surface area contributed by atoms with Crippen LogP contribution in [-0.4, -0.2) is 76.7 Å². The Morgan fingerprint density at radius 2 is 1.59 bits per heavy atom. The summed E-state index contributed by atoms with van der Waals surface area (Å²) in [5, 5.41) is 15.9. The third-order valence-electron chi connectivity index (χ3n) is 11.2. The first-order valence-electron chi connectivity index (χ1n) is 18.6. The van der Waals surface area contributed by atoms with Crippen LogP contribution in [0, 0.1) is 11.8 Å². The monoisotopic (exact) mass is 725 g/mol. The molecule has 2 fully saturated rings. The zero-order valence-electron chi connectivity index (χ0n) is 30.0. The summed E-state index contributed by atoms with van der Waals surface area (Å²) in [5.41, 5.74) is 0.658. The van der Waals surface area contributed by atoms with Gasteiger partial charge in [-0.25, -0.2) is 0 Å². The molecule has 4 aliphatic heterocycles. The second-order valence-corrected chi connectivity index (χ2v) is 14.6. The number of esters is 1. The maximum atomic E-state index is 15.2. The molecule has 2 N–H and O–H groups in total. The number of ether oxygens (including phenoxy) is 2. The Balaban J connectivity index is 1.24. The summed E-state index contributed by atoms with van der Waals surface area (Å²) < 4.78 is 13.3. The predicted octanol–water partition coefficient (Wildman–Crippen LogP) is 5.07. The molecule has 0 aromatic heterocycles. The molecule has 8 rings (SSSR count). The van der Waals surface area contributed by atoms with Gasteiger partial charge in [0.05, 0.1) is 30.7 Å². The van der Waals surface area contributed by atoms with Crippen LogP contribution in [0.5, 0.6) is 0 Å². The van der Waals surface area contributed by atoms with Crippen LogP contribution in [0.4, 0.5) is 5.69 Å². The quantitative estimate of drug-likeness (QED) is 0.210. The van der Waals surface area contributed by atoms with Gasteiger partial charge in [-0.1, -0.05) is 115 Å². The number of aliphatic hydroxyl groups excluding tert-OH is 1. The zero-order valence-corrected chi connectivity index (χ0v) is 30.0. The van der Waals surface area contributed by atoms with Crippen LogP contribution in [-0.2, 0) is 35.1 Å². The number of hydrogen-bond donors (Lipinski definition) is 2. The second kappa shape index (κ2) is 14.7. The number of anilines is 1. The standard InChI is InChI=1S/C44H43N3O7/c1-28-39(31-16-6-3-7-17-31)53-43(52)37-35(19-10-11-20-36(49)45-28)54-44-23-12-24-46(33-22-21-30-15-8-9-18-32(30)26-33)42(51)40(44)47(41(50)38(37)44)34(27-48)25-29-13-4-2-5-14-29/h2-10,12-19,21-23,26,28,34-35,37-40,48H,11,20,24-25,27H2,1H3,(H,45,49)/b19-10-/t28-,34-,35-,37+,38+,39+,40-,44+/m1/s1. The molecule has 0 unspecified atom stereocenters. The molecule has 4 aliphatic rings. The van der Waals surface area contributed by atoms with Gasteiger partial charge in [0.2, 0.25) is 11.8 Å². The van der Waals surface area contributed by atoms with Gasteiger partial charge in [-0.3, -0.25) is 19.2 Å². The minimum Gasteiger partial charge on any atom is -0.455 e. The Kier molecular flexibility index (Phi) is 9.64. The van der Waals surface area contributed by atoms with Gasteiger partial charge < -0.3 is 29.7 Å². The summed E-state index contributed by atoms with van der Waals surface area (Å²) in [4.78, 5) is 61.1. The Morgan fingerprint density at radius 1 is 0.870 bits per heavy atom. The number of carbonyl (C=O) groups is 4. The van der Waals surface area contributed by atoms with Crippen molar-refractivity contribution in [3.05, 3.63) is 139 Å². The van der Waals surface area contributed by atoms with Crippen molar-refractivity contribution in [2.75, 3.05) is 18.1 Å². The number of amides is 3. The van der Waals surface area contributed by atoms with Gasteiger partial charge in [-0.05, 0) is 53.8 Å². The first kappa shape index (κ1) is 35.4. The molecule has 4 heterocycles. The Bertz CT molecular complexity index is 2120. The lowest BCUT2D eigenvalue weighted by Crippen LogP contribution is -2.58. The highest BCUT2D eigenvalue weighted by atomic mass is 16.6. The summed E-state index contributed by atoms with van der Waals surface area (Å²) in [7, 11) is 0. The Hall–Kier alpha value is -5.58. The van der Waals surface area contributed by atoms with Gasteiger partial charge in [0.25, 0.3) is 5.91 Å². The van der Waals surface area contributed by atoms with E-state index < -0.39 is 66.3 Å². The van der Waals surface area contributed by atoms with Crippen molar-refractivity contribution in [2.24, 2.45) is 11.8 Å². The van der Waals surface area contributed by atoms with Crippen molar-refractivity contribution < 1.29 is 33.8 Å². The van der Waals surface area contributed by atoms with Crippen LogP contribution in [0.3, 0.4) is 0 Å². The fraction of sp³-hybridized carbons (Fsp3) is 0.318. The lowest BCUT2D eigenvalue weighted by Gasteiger charge is -2.38. The molecular formula is C44H43N3O7. The topological polar surface area (TPSA) is 125 Å². The molecule has 10 heteroatoms. The van der Waals surface area contributed by atoms with E-state index in [1.54, 1.807) is 30.1 Å².